The second kappa shape index (κ2) is 4.61. The lowest BCUT2D eigenvalue weighted by atomic mass is 10.1. The molecule has 1 fully saturated rings. The highest BCUT2D eigenvalue weighted by Crippen LogP contribution is 2.11. The number of likely N-dealkylation sites (tertiary alicyclic amines) is 1. The van der Waals surface area contributed by atoms with Crippen molar-refractivity contribution in [3.63, 3.8) is 0 Å². The van der Waals surface area contributed by atoms with Crippen LogP contribution >= 0.6 is 0 Å². The minimum absolute atomic E-state index is 0.142. The molecule has 0 saturated carbocycles. The SMILES string of the molecule is CC(C)CCCN1CCC(N)C1=O. The Bertz CT molecular complexity index is 180. The molecule has 3 nitrogen and oxygen atoms in total. The van der Waals surface area contributed by atoms with Crippen molar-refractivity contribution in [2.24, 2.45) is 11.7 Å². The molecule has 2 N–H and O–H groups in total. The predicted octanol–water partition coefficient (Wildman–Crippen LogP) is 0.982. The number of hydrogen-bond donors (Lipinski definition) is 1. The lowest BCUT2D eigenvalue weighted by molar-refractivity contribution is -0.128. The molecule has 1 unspecified atom stereocenters. The first-order chi connectivity index (χ1) is 6.11. The summed E-state index contributed by atoms with van der Waals surface area (Å²) >= 11 is 0. The summed E-state index contributed by atoms with van der Waals surface area (Å²) in [7, 11) is 0. The Morgan fingerprint density at radius 3 is 2.77 bits per heavy atom. The summed E-state index contributed by atoms with van der Waals surface area (Å²) in [5.41, 5.74) is 5.61. The lowest BCUT2D eigenvalue weighted by Crippen LogP contribution is -2.34. The molecule has 76 valence electrons. The molecular formula is C10H20N2O. The van der Waals surface area contributed by atoms with Crippen LogP contribution in [-0.2, 0) is 4.79 Å². The summed E-state index contributed by atoms with van der Waals surface area (Å²) in [6.45, 7) is 6.16. The molecule has 0 aromatic carbocycles. The van der Waals surface area contributed by atoms with Gasteiger partial charge in [0, 0.05) is 13.1 Å². The van der Waals surface area contributed by atoms with E-state index in [0.29, 0.717) is 0 Å². The van der Waals surface area contributed by atoms with E-state index in [9.17, 15) is 4.79 Å². The van der Waals surface area contributed by atoms with Crippen LogP contribution in [-0.4, -0.2) is 29.9 Å². The topological polar surface area (TPSA) is 46.3 Å². The molecule has 0 aromatic rings. The Kier molecular flexibility index (Phi) is 3.72. The summed E-state index contributed by atoms with van der Waals surface area (Å²) in [5.74, 6) is 0.870. The van der Waals surface area contributed by atoms with Crippen LogP contribution in [0.4, 0.5) is 0 Å². The molecule has 13 heavy (non-hydrogen) atoms. The molecule has 3 heteroatoms. The zero-order chi connectivity index (χ0) is 9.84. The van der Waals surface area contributed by atoms with Crippen LogP contribution in [0.3, 0.4) is 0 Å². The Morgan fingerprint density at radius 1 is 1.62 bits per heavy atom. The van der Waals surface area contributed by atoms with Gasteiger partial charge in [0.15, 0.2) is 0 Å². The Balaban J connectivity index is 2.19. The van der Waals surface area contributed by atoms with E-state index in [1.807, 2.05) is 4.90 Å². The molecule has 0 bridgehead atoms. The average molecular weight is 184 g/mol. The number of carbonyl (C=O) groups is 1. The number of rotatable bonds is 4. The molecular weight excluding hydrogens is 164 g/mol. The number of hydrogen-bond acceptors (Lipinski definition) is 2. The summed E-state index contributed by atoms with van der Waals surface area (Å²) in [6, 6.07) is -0.223. The Morgan fingerprint density at radius 2 is 2.31 bits per heavy atom. The highest BCUT2D eigenvalue weighted by atomic mass is 16.2. The molecule has 0 aliphatic carbocycles. The lowest BCUT2D eigenvalue weighted by Gasteiger charge is -2.16. The third-order valence-electron chi connectivity index (χ3n) is 2.55. The van der Waals surface area contributed by atoms with Crippen molar-refractivity contribution in [3.05, 3.63) is 0 Å². The highest BCUT2D eigenvalue weighted by Gasteiger charge is 2.27. The summed E-state index contributed by atoms with van der Waals surface area (Å²) in [5, 5.41) is 0. The van der Waals surface area contributed by atoms with E-state index in [2.05, 4.69) is 13.8 Å². The Hall–Kier alpha value is -0.570. The fourth-order valence-electron chi connectivity index (χ4n) is 1.68. The van der Waals surface area contributed by atoms with Gasteiger partial charge in [-0.2, -0.15) is 0 Å². The number of nitrogens with zero attached hydrogens (tertiary/aromatic N) is 1. The average Bonchev–Trinajstić information content (AvgIpc) is 2.35. The van der Waals surface area contributed by atoms with Gasteiger partial charge >= 0.3 is 0 Å². The van der Waals surface area contributed by atoms with E-state index >= 15 is 0 Å². The quantitative estimate of drug-likeness (QED) is 0.708. The van der Waals surface area contributed by atoms with Crippen LogP contribution < -0.4 is 5.73 Å². The van der Waals surface area contributed by atoms with Gasteiger partial charge < -0.3 is 10.6 Å². The minimum atomic E-state index is -0.223. The largest absolute Gasteiger partial charge is 0.341 e. The molecule has 0 aromatic heterocycles. The van der Waals surface area contributed by atoms with E-state index in [1.54, 1.807) is 0 Å². The summed E-state index contributed by atoms with van der Waals surface area (Å²) < 4.78 is 0. The predicted molar refractivity (Wildman–Crippen MR) is 53.2 cm³/mol. The van der Waals surface area contributed by atoms with E-state index in [1.165, 1.54) is 6.42 Å². The summed E-state index contributed by atoms with van der Waals surface area (Å²) in [6.07, 6.45) is 3.13. The second-order valence-electron chi connectivity index (χ2n) is 4.26. The first-order valence-electron chi connectivity index (χ1n) is 5.15. The Labute approximate surface area is 80.3 Å². The molecule has 1 aliphatic rings. The van der Waals surface area contributed by atoms with Gasteiger partial charge in [-0.3, -0.25) is 4.79 Å². The van der Waals surface area contributed by atoms with Crippen molar-refractivity contribution < 1.29 is 4.79 Å². The zero-order valence-corrected chi connectivity index (χ0v) is 8.62. The van der Waals surface area contributed by atoms with Crippen molar-refractivity contribution >= 4 is 5.91 Å². The van der Waals surface area contributed by atoms with Crippen LogP contribution in [0.15, 0.2) is 0 Å². The number of carbonyl (C=O) groups excluding carboxylic acids is 1. The minimum Gasteiger partial charge on any atom is -0.341 e. The van der Waals surface area contributed by atoms with E-state index in [4.69, 9.17) is 5.73 Å². The first-order valence-corrected chi connectivity index (χ1v) is 5.15. The normalized spacial score (nSPS) is 23.2. The van der Waals surface area contributed by atoms with Gasteiger partial charge in [0.1, 0.15) is 0 Å². The van der Waals surface area contributed by atoms with Gasteiger partial charge in [0.05, 0.1) is 6.04 Å². The third-order valence-corrected chi connectivity index (χ3v) is 2.55. The van der Waals surface area contributed by atoms with E-state index in [0.717, 1.165) is 31.8 Å². The van der Waals surface area contributed by atoms with Gasteiger partial charge in [-0.25, -0.2) is 0 Å². The van der Waals surface area contributed by atoms with E-state index in [-0.39, 0.29) is 11.9 Å². The van der Waals surface area contributed by atoms with Crippen LogP contribution in [0.1, 0.15) is 33.1 Å². The van der Waals surface area contributed by atoms with Gasteiger partial charge in [0.25, 0.3) is 0 Å². The maximum atomic E-state index is 11.4. The second-order valence-corrected chi connectivity index (χ2v) is 4.26. The van der Waals surface area contributed by atoms with Crippen molar-refractivity contribution in [2.45, 2.75) is 39.2 Å². The molecule has 1 aliphatic heterocycles. The zero-order valence-electron chi connectivity index (χ0n) is 8.62. The van der Waals surface area contributed by atoms with Crippen LogP contribution in [0.2, 0.25) is 0 Å². The maximum Gasteiger partial charge on any atom is 0.239 e. The van der Waals surface area contributed by atoms with Crippen molar-refractivity contribution in [1.29, 1.82) is 0 Å². The fourth-order valence-corrected chi connectivity index (χ4v) is 1.68. The third kappa shape index (κ3) is 2.99. The van der Waals surface area contributed by atoms with Crippen LogP contribution in [0.5, 0.6) is 0 Å². The van der Waals surface area contributed by atoms with Crippen molar-refractivity contribution in [1.82, 2.24) is 4.90 Å². The fraction of sp³-hybridized carbons (Fsp3) is 0.900. The maximum absolute atomic E-state index is 11.4. The van der Waals surface area contributed by atoms with Crippen LogP contribution in [0.25, 0.3) is 0 Å². The molecule has 0 radical (unpaired) electrons. The standard InChI is InChI=1S/C10H20N2O/c1-8(2)4-3-6-12-7-5-9(11)10(12)13/h8-9H,3-7,11H2,1-2H3. The molecule has 1 amide bonds. The smallest absolute Gasteiger partial charge is 0.239 e. The molecule has 1 atom stereocenters. The molecule has 0 spiro atoms. The number of amides is 1. The van der Waals surface area contributed by atoms with E-state index < -0.39 is 0 Å². The monoisotopic (exact) mass is 184 g/mol. The van der Waals surface area contributed by atoms with Gasteiger partial charge in [-0.15, -0.1) is 0 Å². The highest BCUT2D eigenvalue weighted by molar-refractivity contribution is 5.83. The van der Waals surface area contributed by atoms with Gasteiger partial charge in [0.2, 0.25) is 5.91 Å². The summed E-state index contributed by atoms with van der Waals surface area (Å²) in [4.78, 5) is 13.3. The first kappa shape index (κ1) is 10.5. The molecule has 1 heterocycles. The van der Waals surface area contributed by atoms with Crippen molar-refractivity contribution in [2.75, 3.05) is 13.1 Å². The number of nitrogens with two attached hydrogens (primary N) is 1. The molecule has 1 saturated heterocycles. The molecule has 1 rings (SSSR count). The van der Waals surface area contributed by atoms with Crippen LogP contribution in [0, 0.1) is 5.92 Å². The van der Waals surface area contributed by atoms with Gasteiger partial charge in [-0.05, 0) is 25.2 Å². The van der Waals surface area contributed by atoms with Crippen molar-refractivity contribution in [3.8, 4) is 0 Å². The van der Waals surface area contributed by atoms with Gasteiger partial charge in [-0.1, -0.05) is 13.8 Å².